The average Bonchev–Trinajstić information content (AvgIpc) is 3.06. The second-order valence-corrected chi connectivity index (χ2v) is 5.24. The van der Waals surface area contributed by atoms with Gasteiger partial charge in [-0.2, -0.15) is 0 Å². The summed E-state index contributed by atoms with van der Waals surface area (Å²) in [4.78, 5) is 18.2. The molecule has 26 heavy (non-hydrogen) atoms. The van der Waals surface area contributed by atoms with Gasteiger partial charge in [-0.3, -0.25) is 0 Å². The van der Waals surface area contributed by atoms with Crippen LogP contribution in [0.1, 0.15) is 18.0 Å². The van der Waals surface area contributed by atoms with Crippen molar-refractivity contribution in [3.63, 3.8) is 0 Å². The highest BCUT2D eigenvalue weighted by atomic mass is 16.5. The maximum atomic E-state index is 9.10. The fraction of sp³-hybridized carbons (Fsp3) is 0.105. The van der Waals surface area contributed by atoms with Crippen LogP contribution in [0.15, 0.2) is 53.1 Å². The van der Waals surface area contributed by atoms with Crippen molar-refractivity contribution in [3.8, 4) is 23.6 Å². The molecule has 1 unspecified atom stereocenters. The molecular formula is C19H16N2O5. The number of carbonyl (C=O) groups is 2. The third-order valence-electron chi connectivity index (χ3n) is 3.51. The maximum absolute atomic E-state index is 9.10. The maximum Gasteiger partial charge on any atom is 0.414 e. The first-order chi connectivity index (χ1) is 12.5. The molecule has 7 nitrogen and oxygen atoms in total. The third kappa shape index (κ3) is 4.26. The molecule has 0 saturated carbocycles. The smallest absolute Gasteiger partial charge is 0.414 e. The Balaban J connectivity index is 0.000000352. The Hall–Kier alpha value is -3.63. The number of nitrogens with two attached hydrogens (primary N) is 1. The molecule has 0 radical (unpaired) electrons. The van der Waals surface area contributed by atoms with E-state index < -0.39 is 11.9 Å². The first kappa shape index (κ1) is 18.7. The zero-order chi connectivity index (χ0) is 19.1. The number of benzene rings is 2. The second kappa shape index (κ2) is 8.46. The molecule has 1 aromatic heterocycles. The number of terminal acetylenes is 1. The highest BCUT2D eigenvalue weighted by molar-refractivity contribution is 6.27. The molecule has 1 atom stereocenters. The minimum absolute atomic E-state index is 0.202. The largest absolute Gasteiger partial charge is 0.473 e. The average molecular weight is 352 g/mol. The minimum Gasteiger partial charge on any atom is -0.473 e. The summed E-state index contributed by atoms with van der Waals surface area (Å²) in [5, 5.41) is 19.9. The van der Waals surface area contributed by atoms with E-state index >= 15 is 0 Å². The molecule has 0 amide bonds. The molecule has 2 aromatic carbocycles. The molecule has 1 heterocycles. The predicted molar refractivity (Wildman–Crippen MR) is 95.1 cm³/mol. The van der Waals surface area contributed by atoms with Crippen molar-refractivity contribution < 1.29 is 24.3 Å². The lowest BCUT2D eigenvalue weighted by molar-refractivity contribution is -0.159. The molecule has 0 spiro atoms. The summed E-state index contributed by atoms with van der Waals surface area (Å²) in [6.07, 6.45) is 5.85. The van der Waals surface area contributed by atoms with Gasteiger partial charge in [-0.15, -0.1) is 12.3 Å². The van der Waals surface area contributed by atoms with Crippen molar-refractivity contribution in [2.75, 3.05) is 0 Å². The number of fused-ring (bicyclic) bond motifs is 1. The Bertz CT molecular complexity index is 959. The molecular weight excluding hydrogens is 336 g/mol. The standard InChI is InChI=1S/C17H14N2O.C2H2O4/c1-2-7-15(18)12-8-3-4-9-13(12)17-14-10-5-6-11-16(14)20-19-17;3-1(4)2(5)6/h1,3-6,8-11,15H,7,18H2;(H,3,4)(H,5,6). The minimum atomic E-state index is -1.82. The SMILES string of the molecule is C#CCC(N)c1ccccc1-c1noc2ccccc12.O=C(O)C(=O)O. The number of aliphatic carboxylic acids is 2. The monoisotopic (exact) mass is 352 g/mol. The van der Waals surface area contributed by atoms with Crippen molar-refractivity contribution >= 4 is 22.9 Å². The number of nitrogens with zero attached hydrogens (tertiary/aromatic N) is 1. The number of hydrogen-bond donors (Lipinski definition) is 3. The van der Waals surface area contributed by atoms with Gasteiger partial charge in [0.25, 0.3) is 0 Å². The highest BCUT2D eigenvalue weighted by Crippen LogP contribution is 2.32. The summed E-state index contributed by atoms with van der Waals surface area (Å²) in [6.45, 7) is 0. The third-order valence-corrected chi connectivity index (χ3v) is 3.51. The molecule has 132 valence electrons. The van der Waals surface area contributed by atoms with Crippen LogP contribution in [0.5, 0.6) is 0 Å². The van der Waals surface area contributed by atoms with E-state index in [4.69, 9.17) is 36.5 Å². The first-order valence-corrected chi connectivity index (χ1v) is 7.54. The number of carboxylic acid groups (broad SMARTS) is 2. The van der Waals surface area contributed by atoms with E-state index in [-0.39, 0.29) is 6.04 Å². The number of para-hydroxylation sites is 1. The number of aromatic nitrogens is 1. The van der Waals surface area contributed by atoms with Crippen molar-refractivity contribution in [2.24, 2.45) is 5.73 Å². The van der Waals surface area contributed by atoms with Gasteiger partial charge in [0.15, 0.2) is 5.58 Å². The Labute approximate surface area is 149 Å². The summed E-state index contributed by atoms with van der Waals surface area (Å²) in [7, 11) is 0. The fourth-order valence-electron chi connectivity index (χ4n) is 2.35. The lowest BCUT2D eigenvalue weighted by Crippen LogP contribution is -2.10. The fourth-order valence-corrected chi connectivity index (χ4v) is 2.35. The quantitative estimate of drug-likeness (QED) is 0.488. The van der Waals surface area contributed by atoms with Crippen LogP contribution in [0.2, 0.25) is 0 Å². The molecule has 4 N–H and O–H groups in total. The van der Waals surface area contributed by atoms with Crippen LogP contribution < -0.4 is 5.73 Å². The number of hydrogen-bond acceptors (Lipinski definition) is 5. The zero-order valence-corrected chi connectivity index (χ0v) is 13.6. The normalized spacial score (nSPS) is 11.1. The summed E-state index contributed by atoms with van der Waals surface area (Å²) in [5.74, 6) is -1.04. The molecule has 0 aliphatic rings. The van der Waals surface area contributed by atoms with E-state index in [1.165, 1.54) is 0 Å². The van der Waals surface area contributed by atoms with E-state index in [9.17, 15) is 0 Å². The van der Waals surface area contributed by atoms with Gasteiger partial charge in [-0.1, -0.05) is 41.6 Å². The molecule has 0 bridgehead atoms. The van der Waals surface area contributed by atoms with Gasteiger partial charge in [0.05, 0.1) is 0 Å². The molecule has 0 aliphatic carbocycles. The van der Waals surface area contributed by atoms with Gasteiger partial charge in [-0.25, -0.2) is 9.59 Å². The molecule has 3 rings (SSSR count). The number of carboxylic acids is 2. The molecule has 7 heteroatoms. The van der Waals surface area contributed by atoms with Crippen LogP contribution in [0.3, 0.4) is 0 Å². The van der Waals surface area contributed by atoms with E-state index in [1.54, 1.807) is 0 Å². The molecule has 0 saturated heterocycles. The number of rotatable bonds is 3. The molecule has 0 aliphatic heterocycles. The van der Waals surface area contributed by atoms with Crippen molar-refractivity contribution in [1.29, 1.82) is 0 Å². The predicted octanol–water partition coefficient (Wildman–Crippen LogP) is 2.67. The molecule has 0 fully saturated rings. The first-order valence-electron chi connectivity index (χ1n) is 7.54. The van der Waals surface area contributed by atoms with E-state index in [0.29, 0.717) is 6.42 Å². The van der Waals surface area contributed by atoms with Crippen molar-refractivity contribution in [3.05, 3.63) is 54.1 Å². The second-order valence-electron chi connectivity index (χ2n) is 5.24. The topological polar surface area (TPSA) is 127 Å². The van der Waals surface area contributed by atoms with Crippen LogP contribution in [0.25, 0.3) is 22.2 Å². The lowest BCUT2D eigenvalue weighted by atomic mass is 9.95. The van der Waals surface area contributed by atoms with Crippen molar-refractivity contribution in [1.82, 2.24) is 5.16 Å². The van der Waals surface area contributed by atoms with Crippen molar-refractivity contribution in [2.45, 2.75) is 12.5 Å². The van der Waals surface area contributed by atoms with Gasteiger partial charge in [0.2, 0.25) is 0 Å². The summed E-state index contributed by atoms with van der Waals surface area (Å²) >= 11 is 0. The van der Waals surface area contributed by atoms with Crippen LogP contribution in [-0.4, -0.2) is 27.3 Å². The Morgan fingerprint density at radius 3 is 2.38 bits per heavy atom. The Morgan fingerprint density at radius 1 is 1.12 bits per heavy atom. The van der Waals surface area contributed by atoms with Gasteiger partial charge < -0.3 is 20.5 Å². The Kier molecular flexibility index (Phi) is 6.09. The van der Waals surface area contributed by atoms with Gasteiger partial charge in [0, 0.05) is 23.4 Å². The lowest BCUT2D eigenvalue weighted by Gasteiger charge is -2.12. The van der Waals surface area contributed by atoms with E-state index in [2.05, 4.69) is 11.1 Å². The van der Waals surface area contributed by atoms with Crippen LogP contribution in [-0.2, 0) is 9.59 Å². The van der Waals surface area contributed by atoms with Gasteiger partial charge in [-0.05, 0) is 17.7 Å². The summed E-state index contributed by atoms with van der Waals surface area (Å²) in [5.41, 5.74) is 9.69. The highest BCUT2D eigenvalue weighted by Gasteiger charge is 2.16. The summed E-state index contributed by atoms with van der Waals surface area (Å²) < 4.78 is 5.37. The van der Waals surface area contributed by atoms with Gasteiger partial charge in [0.1, 0.15) is 5.69 Å². The van der Waals surface area contributed by atoms with Crippen LogP contribution >= 0.6 is 0 Å². The molecule has 3 aromatic rings. The van der Waals surface area contributed by atoms with E-state index in [1.807, 2.05) is 48.5 Å². The van der Waals surface area contributed by atoms with E-state index in [0.717, 1.165) is 27.8 Å². The van der Waals surface area contributed by atoms with Crippen LogP contribution in [0, 0.1) is 12.3 Å². The van der Waals surface area contributed by atoms with Gasteiger partial charge >= 0.3 is 11.9 Å². The summed E-state index contributed by atoms with van der Waals surface area (Å²) in [6, 6.07) is 15.5. The zero-order valence-electron chi connectivity index (χ0n) is 13.6. The Morgan fingerprint density at radius 2 is 1.73 bits per heavy atom. The van der Waals surface area contributed by atoms with Crippen LogP contribution in [0.4, 0.5) is 0 Å².